The van der Waals surface area contributed by atoms with Gasteiger partial charge < -0.3 is 14.7 Å². The highest BCUT2D eigenvalue weighted by molar-refractivity contribution is 7.20. The van der Waals surface area contributed by atoms with E-state index in [0.29, 0.717) is 16.2 Å². The van der Waals surface area contributed by atoms with Crippen molar-refractivity contribution in [3.8, 4) is 0 Å². The van der Waals surface area contributed by atoms with E-state index in [1.165, 1.54) is 17.4 Å². The molecule has 0 aliphatic carbocycles. The average molecular weight is 274 g/mol. The van der Waals surface area contributed by atoms with Crippen LogP contribution in [0.15, 0.2) is 45.8 Å². The number of furan rings is 1. The molecule has 0 atom stereocenters. The Hall–Kier alpha value is -2.34. The third-order valence-corrected chi connectivity index (χ3v) is 3.71. The number of pyridine rings is 1. The van der Waals surface area contributed by atoms with Gasteiger partial charge in [-0.15, -0.1) is 11.3 Å². The van der Waals surface area contributed by atoms with E-state index in [9.17, 15) is 9.59 Å². The summed E-state index contributed by atoms with van der Waals surface area (Å²) in [7, 11) is 0. The van der Waals surface area contributed by atoms with Gasteiger partial charge in [0.05, 0.1) is 22.4 Å². The number of carbonyl (C=O) groups is 1. The minimum absolute atomic E-state index is 0.180. The number of carbonyl (C=O) groups excluding carboxylic acids is 1. The normalized spacial score (nSPS) is 10.7. The molecular weight excluding hydrogens is 264 g/mol. The predicted molar refractivity (Wildman–Crippen MR) is 72.3 cm³/mol. The van der Waals surface area contributed by atoms with Crippen LogP contribution in [0.2, 0.25) is 0 Å². The largest absolute Gasteiger partial charge is 0.463 e. The number of hydrogen-bond donors (Lipinski definition) is 2. The molecule has 6 heteroatoms. The number of rotatable bonds is 3. The molecule has 0 aliphatic heterocycles. The van der Waals surface area contributed by atoms with Crippen molar-refractivity contribution < 1.29 is 9.21 Å². The quantitative estimate of drug-likeness (QED) is 0.768. The number of H-pyrrole nitrogens is 1. The molecule has 0 spiro atoms. The fraction of sp³-hybridized carbons (Fsp3) is 0.0769. The summed E-state index contributed by atoms with van der Waals surface area (Å²) >= 11 is 1.37. The lowest BCUT2D eigenvalue weighted by Crippen LogP contribution is -2.23. The number of fused-ring (bicyclic) bond motifs is 1. The molecule has 1 amide bonds. The number of aromatic amines is 1. The lowest BCUT2D eigenvalue weighted by Gasteiger charge is -2.02. The lowest BCUT2D eigenvalue weighted by molar-refractivity contribution is 0.0954. The van der Waals surface area contributed by atoms with Crippen molar-refractivity contribution in [1.29, 1.82) is 0 Å². The van der Waals surface area contributed by atoms with E-state index in [4.69, 9.17) is 4.42 Å². The molecule has 2 N–H and O–H groups in total. The van der Waals surface area contributed by atoms with Gasteiger partial charge in [0, 0.05) is 17.8 Å². The van der Waals surface area contributed by atoms with E-state index in [2.05, 4.69) is 10.3 Å². The molecule has 5 nitrogen and oxygen atoms in total. The summed E-state index contributed by atoms with van der Waals surface area (Å²) in [6.07, 6.45) is 1.59. The molecule has 0 fully saturated rings. The maximum absolute atomic E-state index is 11.9. The highest BCUT2D eigenvalue weighted by Gasteiger charge is 2.11. The fourth-order valence-electron chi connectivity index (χ4n) is 1.74. The minimum atomic E-state index is -0.180. The molecule has 3 aromatic heterocycles. The summed E-state index contributed by atoms with van der Waals surface area (Å²) in [6, 6.07) is 8.37. The highest BCUT2D eigenvalue weighted by atomic mass is 32.1. The summed E-state index contributed by atoms with van der Waals surface area (Å²) in [5.41, 5.74) is 1.20. The molecule has 0 unspecified atom stereocenters. The molecule has 96 valence electrons. The first-order valence-corrected chi connectivity index (χ1v) is 6.47. The molecule has 0 saturated heterocycles. The van der Waals surface area contributed by atoms with Gasteiger partial charge in [0.1, 0.15) is 5.58 Å². The van der Waals surface area contributed by atoms with Gasteiger partial charge >= 0.3 is 0 Å². The van der Waals surface area contributed by atoms with Crippen molar-refractivity contribution in [2.45, 2.75) is 6.54 Å². The minimum Gasteiger partial charge on any atom is -0.463 e. The van der Waals surface area contributed by atoms with E-state index in [-0.39, 0.29) is 18.0 Å². The maximum Gasteiger partial charge on any atom is 0.261 e. The van der Waals surface area contributed by atoms with Gasteiger partial charge in [-0.05, 0) is 12.1 Å². The Morgan fingerprint density at radius 2 is 2.26 bits per heavy atom. The van der Waals surface area contributed by atoms with Crippen LogP contribution in [0.4, 0.5) is 0 Å². The van der Waals surface area contributed by atoms with Crippen molar-refractivity contribution >= 4 is 27.5 Å². The van der Waals surface area contributed by atoms with Crippen LogP contribution in [-0.2, 0) is 6.54 Å². The number of thiophene rings is 1. The van der Waals surface area contributed by atoms with Crippen molar-refractivity contribution in [2.24, 2.45) is 0 Å². The zero-order chi connectivity index (χ0) is 13.2. The van der Waals surface area contributed by atoms with Crippen molar-refractivity contribution in [3.63, 3.8) is 0 Å². The predicted octanol–water partition coefficient (Wildman–Crippen LogP) is 2.11. The Morgan fingerprint density at radius 1 is 1.37 bits per heavy atom. The summed E-state index contributed by atoms with van der Waals surface area (Å²) in [5, 5.41) is 2.75. The van der Waals surface area contributed by atoms with Crippen molar-refractivity contribution in [3.05, 3.63) is 57.5 Å². The number of amides is 1. The molecule has 3 aromatic rings. The Kier molecular flexibility index (Phi) is 2.92. The third-order valence-electron chi connectivity index (χ3n) is 2.63. The first-order chi connectivity index (χ1) is 9.22. The Bertz CT molecular complexity index is 756. The zero-order valence-electron chi connectivity index (χ0n) is 9.80. The van der Waals surface area contributed by atoms with Crippen molar-refractivity contribution in [2.75, 3.05) is 0 Å². The Morgan fingerprint density at radius 3 is 3.05 bits per heavy atom. The molecule has 0 bridgehead atoms. The first kappa shape index (κ1) is 11.7. The molecule has 3 heterocycles. The topological polar surface area (TPSA) is 75.1 Å². The fourth-order valence-corrected chi connectivity index (χ4v) is 2.64. The Labute approximate surface area is 111 Å². The van der Waals surface area contributed by atoms with Crippen molar-refractivity contribution in [1.82, 2.24) is 10.3 Å². The highest BCUT2D eigenvalue weighted by Crippen LogP contribution is 2.26. The second-order valence-electron chi connectivity index (χ2n) is 3.98. The van der Waals surface area contributed by atoms with Crippen LogP contribution in [0.25, 0.3) is 10.3 Å². The van der Waals surface area contributed by atoms with Gasteiger partial charge in [0.2, 0.25) is 5.56 Å². The van der Waals surface area contributed by atoms with Crippen LogP contribution in [-0.4, -0.2) is 10.9 Å². The monoisotopic (exact) mass is 274 g/mol. The van der Waals surface area contributed by atoms with E-state index in [1.807, 2.05) is 6.07 Å². The molecule has 3 rings (SSSR count). The van der Waals surface area contributed by atoms with Gasteiger partial charge in [-0.3, -0.25) is 9.59 Å². The van der Waals surface area contributed by atoms with Crippen LogP contribution in [0.1, 0.15) is 15.4 Å². The summed E-state index contributed by atoms with van der Waals surface area (Å²) < 4.78 is 6.15. The van der Waals surface area contributed by atoms with Crippen LogP contribution >= 0.6 is 11.3 Å². The second-order valence-corrected chi connectivity index (χ2v) is 5.07. The van der Waals surface area contributed by atoms with Gasteiger partial charge in [-0.25, -0.2) is 0 Å². The molecular formula is C13H10N2O3S. The summed E-state index contributed by atoms with van der Waals surface area (Å²) in [4.78, 5) is 26.3. The lowest BCUT2D eigenvalue weighted by atomic mass is 10.3. The van der Waals surface area contributed by atoms with Gasteiger partial charge in [0.25, 0.3) is 5.91 Å². The van der Waals surface area contributed by atoms with Gasteiger partial charge in [-0.2, -0.15) is 0 Å². The summed E-state index contributed by atoms with van der Waals surface area (Å²) in [5.74, 6) is -0.180. The molecule has 0 aliphatic rings. The first-order valence-electron chi connectivity index (χ1n) is 5.66. The molecule has 0 radical (unpaired) electrons. The Balaban J connectivity index is 1.71. The maximum atomic E-state index is 11.9. The van der Waals surface area contributed by atoms with Crippen LogP contribution in [0.3, 0.4) is 0 Å². The SMILES string of the molecule is O=C(NCc1cccc(=O)[nH]1)c1cc2occc2s1. The van der Waals surface area contributed by atoms with Crippen LogP contribution in [0.5, 0.6) is 0 Å². The third kappa shape index (κ3) is 2.43. The molecule has 19 heavy (non-hydrogen) atoms. The number of hydrogen-bond acceptors (Lipinski definition) is 4. The van der Waals surface area contributed by atoms with Gasteiger partial charge in [-0.1, -0.05) is 6.07 Å². The number of nitrogens with one attached hydrogen (secondary N) is 2. The number of aromatic nitrogens is 1. The van der Waals surface area contributed by atoms with E-state index < -0.39 is 0 Å². The molecule has 0 aromatic carbocycles. The average Bonchev–Trinajstić information content (AvgIpc) is 2.96. The molecule has 0 saturated carbocycles. The van der Waals surface area contributed by atoms with E-state index >= 15 is 0 Å². The smallest absolute Gasteiger partial charge is 0.261 e. The summed E-state index contributed by atoms with van der Waals surface area (Å²) in [6.45, 7) is 0.286. The van der Waals surface area contributed by atoms with Gasteiger partial charge in [0.15, 0.2) is 0 Å². The van der Waals surface area contributed by atoms with Crippen LogP contribution in [0, 0.1) is 0 Å². The van der Waals surface area contributed by atoms with E-state index in [1.54, 1.807) is 24.5 Å². The zero-order valence-corrected chi connectivity index (χ0v) is 10.6. The standard InChI is InChI=1S/C13H10N2O3S/c16-12-3-1-2-8(15-12)7-14-13(17)11-6-9-10(19-11)4-5-18-9/h1-6H,7H2,(H,14,17)(H,15,16). The van der Waals surface area contributed by atoms with E-state index in [0.717, 1.165) is 4.70 Å². The second kappa shape index (κ2) is 4.74. The van der Waals surface area contributed by atoms with Crippen LogP contribution < -0.4 is 10.9 Å².